The lowest BCUT2D eigenvalue weighted by Gasteiger charge is -2.21. The number of benzene rings is 4. The van der Waals surface area contributed by atoms with Crippen molar-refractivity contribution >= 4 is 26.5 Å². The predicted molar refractivity (Wildman–Crippen MR) is 119 cm³/mol. The second-order valence-electron chi connectivity index (χ2n) is 7.48. The molecule has 1 aliphatic heterocycles. The minimum absolute atomic E-state index is 0.338. The molecule has 144 valence electrons. The molecule has 0 spiro atoms. The van der Waals surface area contributed by atoms with Crippen LogP contribution in [0.2, 0.25) is 0 Å². The molecule has 0 atom stereocenters. The van der Waals surface area contributed by atoms with E-state index in [4.69, 9.17) is 0 Å². The third kappa shape index (κ3) is 2.91. The van der Waals surface area contributed by atoms with Gasteiger partial charge in [-0.25, -0.2) is 8.42 Å². The van der Waals surface area contributed by atoms with Crippen molar-refractivity contribution < 1.29 is 8.42 Å². The molecule has 1 aliphatic rings. The lowest BCUT2D eigenvalue weighted by Crippen LogP contribution is -2.29. The van der Waals surface area contributed by atoms with Crippen LogP contribution in [0, 0.1) is 6.92 Å². The van der Waals surface area contributed by atoms with Crippen LogP contribution in [0.5, 0.6) is 0 Å². The predicted octanol–water partition coefficient (Wildman–Crippen LogP) is 5.57. The van der Waals surface area contributed by atoms with Gasteiger partial charge in [0.05, 0.1) is 10.6 Å². The topological polar surface area (TPSA) is 37.4 Å². The quantitative estimate of drug-likeness (QED) is 0.452. The summed E-state index contributed by atoms with van der Waals surface area (Å²) in [5, 5.41) is 2.21. The zero-order valence-corrected chi connectivity index (χ0v) is 17.0. The molecule has 4 heteroatoms. The molecule has 1 heterocycles. The maximum Gasteiger partial charge on any atom is 0.264 e. The summed E-state index contributed by atoms with van der Waals surface area (Å²) in [5.74, 6) is 0. The van der Waals surface area contributed by atoms with Crippen molar-refractivity contribution in [1.82, 2.24) is 0 Å². The highest BCUT2D eigenvalue weighted by Gasteiger charge is 2.33. The molecule has 0 unspecified atom stereocenters. The van der Waals surface area contributed by atoms with Gasteiger partial charge >= 0.3 is 0 Å². The van der Waals surface area contributed by atoms with Crippen molar-refractivity contribution in [2.75, 3.05) is 10.8 Å². The van der Waals surface area contributed by atoms with Crippen LogP contribution in [-0.2, 0) is 16.4 Å². The molecule has 3 nitrogen and oxygen atoms in total. The van der Waals surface area contributed by atoms with E-state index in [1.807, 2.05) is 55.5 Å². The Balaban J connectivity index is 1.74. The number of aryl methyl sites for hydroxylation is 1. The van der Waals surface area contributed by atoms with Gasteiger partial charge in [-0.2, -0.15) is 0 Å². The minimum Gasteiger partial charge on any atom is -0.266 e. The van der Waals surface area contributed by atoms with Gasteiger partial charge in [0.25, 0.3) is 10.0 Å². The first-order valence-corrected chi connectivity index (χ1v) is 11.2. The Morgan fingerprint density at radius 1 is 0.828 bits per heavy atom. The number of anilines is 1. The van der Waals surface area contributed by atoms with Crippen LogP contribution in [0.25, 0.3) is 21.9 Å². The Morgan fingerprint density at radius 3 is 2.28 bits per heavy atom. The molecule has 0 bridgehead atoms. The summed E-state index contributed by atoms with van der Waals surface area (Å²) in [6.45, 7) is 2.42. The van der Waals surface area contributed by atoms with Gasteiger partial charge in [0.15, 0.2) is 0 Å². The van der Waals surface area contributed by atoms with Gasteiger partial charge < -0.3 is 0 Å². The van der Waals surface area contributed by atoms with Crippen LogP contribution < -0.4 is 4.31 Å². The Kier molecular flexibility index (Phi) is 4.18. The first-order chi connectivity index (χ1) is 14.1. The number of hydrogen-bond donors (Lipinski definition) is 0. The minimum atomic E-state index is -3.60. The summed E-state index contributed by atoms with van der Waals surface area (Å²) in [4.78, 5) is 0.338. The van der Waals surface area contributed by atoms with E-state index in [-0.39, 0.29) is 0 Å². The van der Waals surface area contributed by atoms with Crippen molar-refractivity contribution in [2.45, 2.75) is 18.2 Å². The van der Waals surface area contributed by atoms with E-state index in [1.54, 1.807) is 16.4 Å². The Morgan fingerprint density at radius 2 is 1.52 bits per heavy atom. The molecule has 0 radical (unpaired) electrons. The number of fused-ring (bicyclic) bond motifs is 2. The molecule has 29 heavy (non-hydrogen) atoms. The van der Waals surface area contributed by atoms with Gasteiger partial charge in [-0.3, -0.25) is 4.31 Å². The Bertz CT molecular complexity index is 1310. The fraction of sp³-hybridized carbons (Fsp3) is 0.120. The molecular formula is C25H21NO2S. The van der Waals surface area contributed by atoms with Gasteiger partial charge in [0.2, 0.25) is 0 Å². The first kappa shape index (κ1) is 18.0. The monoisotopic (exact) mass is 399 g/mol. The fourth-order valence-corrected chi connectivity index (χ4v) is 5.69. The molecule has 0 fully saturated rings. The summed E-state index contributed by atoms with van der Waals surface area (Å²) in [7, 11) is -3.60. The van der Waals surface area contributed by atoms with Crippen molar-refractivity contribution in [3.05, 3.63) is 96.1 Å². The lowest BCUT2D eigenvalue weighted by molar-refractivity contribution is 0.592. The van der Waals surface area contributed by atoms with E-state index in [0.717, 1.165) is 38.7 Å². The molecular weight excluding hydrogens is 378 g/mol. The summed E-state index contributed by atoms with van der Waals surface area (Å²) >= 11 is 0. The zero-order valence-electron chi connectivity index (χ0n) is 16.2. The van der Waals surface area contributed by atoms with E-state index >= 15 is 0 Å². The van der Waals surface area contributed by atoms with Crippen LogP contribution in [-0.4, -0.2) is 15.0 Å². The SMILES string of the molecule is Cc1ccc(S(=O)(=O)N2CCc3c2cc2ccccc2c3-c2ccccc2)cc1. The van der Waals surface area contributed by atoms with Gasteiger partial charge in [0, 0.05) is 6.54 Å². The molecule has 0 N–H and O–H groups in total. The van der Waals surface area contributed by atoms with Gasteiger partial charge in [-0.1, -0.05) is 72.3 Å². The second kappa shape index (κ2) is 6.75. The third-order valence-electron chi connectivity index (χ3n) is 5.64. The van der Waals surface area contributed by atoms with Crippen LogP contribution in [0.1, 0.15) is 11.1 Å². The average Bonchev–Trinajstić information content (AvgIpc) is 3.17. The molecule has 0 amide bonds. The van der Waals surface area contributed by atoms with Crippen molar-refractivity contribution in [1.29, 1.82) is 0 Å². The van der Waals surface area contributed by atoms with E-state index in [0.29, 0.717) is 17.9 Å². The molecule has 0 saturated heterocycles. The number of hydrogen-bond acceptors (Lipinski definition) is 2. The maximum absolute atomic E-state index is 13.4. The van der Waals surface area contributed by atoms with Crippen LogP contribution in [0.3, 0.4) is 0 Å². The number of nitrogens with zero attached hydrogens (tertiary/aromatic N) is 1. The Hall–Kier alpha value is -3.11. The van der Waals surface area contributed by atoms with Crippen molar-refractivity contribution in [2.24, 2.45) is 0 Å². The molecule has 0 aliphatic carbocycles. The standard InChI is InChI=1S/C25H21NO2S/c1-18-11-13-21(14-12-18)29(27,28)26-16-15-23-24(26)17-20-9-5-6-10-22(20)25(23)19-7-3-2-4-8-19/h2-14,17H,15-16H2,1H3. The van der Waals surface area contributed by atoms with Gasteiger partial charge in [0.1, 0.15) is 0 Å². The normalized spacial score (nSPS) is 13.6. The summed E-state index contributed by atoms with van der Waals surface area (Å²) in [5.41, 5.74) is 5.20. The highest BCUT2D eigenvalue weighted by atomic mass is 32.2. The van der Waals surface area contributed by atoms with E-state index < -0.39 is 10.0 Å². The fourth-order valence-electron chi connectivity index (χ4n) is 4.21. The van der Waals surface area contributed by atoms with Gasteiger partial charge in [-0.15, -0.1) is 0 Å². The van der Waals surface area contributed by atoms with E-state index in [9.17, 15) is 8.42 Å². The van der Waals surface area contributed by atoms with E-state index in [2.05, 4.69) is 24.3 Å². The van der Waals surface area contributed by atoms with Gasteiger partial charge in [-0.05, 0) is 59.0 Å². The largest absolute Gasteiger partial charge is 0.266 e. The summed E-state index contributed by atoms with van der Waals surface area (Å²) in [6.07, 6.45) is 0.704. The van der Waals surface area contributed by atoms with Crippen LogP contribution in [0.4, 0.5) is 5.69 Å². The molecule has 0 saturated carbocycles. The van der Waals surface area contributed by atoms with Crippen molar-refractivity contribution in [3.63, 3.8) is 0 Å². The first-order valence-electron chi connectivity index (χ1n) is 9.75. The van der Waals surface area contributed by atoms with Crippen LogP contribution in [0.15, 0.2) is 89.8 Å². The molecule has 4 aromatic rings. The highest BCUT2D eigenvalue weighted by Crippen LogP contribution is 2.43. The molecule has 4 aromatic carbocycles. The number of rotatable bonds is 3. The second-order valence-corrected chi connectivity index (χ2v) is 9.34. The zero-order chi connectivity index (χ0) is 20.0. The van der Waals surface area contributed by atoms with E-state index in [1.165, 1.54) is 0 Å². The smallest absolute Gasteiger partial charge is 0.264 e. The Labute approximate surface area is 171 Å². The summed E-state index contributed by atoms with van der Waals surface area (Å²) < 4.78 is 28.4. The third-order valence-corrected chi connectivity index (χ3v) is 7.47. The maximum atomic E-state index is 13.4. The van der Waals surface area contributed by atoms with Crippen molar-refractivity contribution in [3.8, 4) is 11.1 Å². The number of sulfonamides is 1. The average molecular weight is 400 g/mol. The molecule has 0 aromatic heterocycles. The molecule has 5 rings (SSSR count). The lowest BCUT2D eigenvalue weighted by atomic mass is 9.92. The highest BCUT2D eigenvalue weighted by molar-refractivity contribution is 7.92. The van der Waals surface area contributed by atoms with Crippen LogP contribution >= 0.6 is 0 Å². The summed E-state index contributed by atoms with van der Waals surface area (Å²) in [6, 6.07) is 27.6.